The molecule has 0 bridgehead atoms. The highest BCUT2D eigenvalue weighted by molar-refractivity contribution is 6.12. The first-order chi connectivity index (χ1) is 21.0. The Morgan fingerprint density at radius 3 is 1.93 bits per heavy atom. The first-order valence-corrected chi connectivity index (χ1v) is 14.2. The zero-order valence-electron chi connectivity index (χ0n) is 24.4. The van der Waals surface area contributed by atoms with Gasteiger partial charge in [-0.2, -0.15) is 0 Å². The molecule has 2 atom stereocenters. The zero-order chi connectivity index (χ0) is 32.0. The van der Waals surface area contributed by atoms with Crippen LogP contribution in [0.2, 0.25) is 0 Å². The molecule has 1 amide bonds. The number of aliphatic hydroxyl groups excluding tert-OH is 2. The van der Waals surface area contributed by atoms with Crippen molar-refractivity contribution in [1.29, 1.82) is 0 Å². The highest BCUT2D eigenvalue weighted by atomic mass is 19.1. The molecule has 0 unspecified atom stereocenters. The third kappa shape index (κ3) is 7.21. The molecule has 4 rings (SSSR count). The number of hydrogen-bond acceptors (Lipinski definition) is 5. The Labute approximate surface area is 254 Å². The number of aromatic nitrogens is 1. The molecular weight excluding hydrogens is 567 g/mol. The van der Waals surface area contributed by atoms with Gasteiger partial charge in [0.1, 0.15) is 5.82 Å². The lowest BCUT2D eigenvalue weighted by Crippen LogP contribution is -2.37. The first-order valence-electron chi connectivity index (χ1n) is 14.2. The summed E-state index contributed by atoms with van der Waals surface area (Å²) in [6.07, 6.45) is -3.57. The van der Waals surface area contributed by atoms with Crippen molar-refractivity contribution in [3.8, 4) is 22.4 Å². The number of rotatable bonds is 13. The van der Waals surface area contributed by atoms with Gasteiger partial charge in [0, 0.05) is 29.9 Å². The fourth-order valence-electron chi connectivity index (χ4n) is 5.45. The van der Waals surface area contributed by atoms with Crippen molar-refractivity contribution >= 4 is 23.5 Å². The summed E-state index contributed by atoms with van der Waals surface area (Å²) in [5.41, 5.74) is 4.24. The number of aliphatic hydroxyl groups is 2. The summed E-state index contributed by atoms with van der Waals surface area (Å²) >= 11 is 0. The Morgan fingerprint density at radius 2 is 1.39 bits per heavy atom. The standard InChI is InChI=1S/C34H35FN2O7/c1-20(2)30-29(32(40)36-24-11-7-4-8-12-24)27(21-9-5-3-6-10-21)31(22-13-15-23(35)16-14-22)37(30)18-17-25(38)19-26(39)28(33(41)42)34(43)44/h3-16,20,25-26,28,38-39H,17-19H2,1-2H3,(H,36,40)(H,41,42)(H,43,44)/t25-,26-/m1/s1. The van der Waals surface area contributed by atoms with E-state index >= 15 is 0 Å². The minimum Gasteiger partial charge on any atom is -0.481 e. The van der Waals surface area contributed by atoms with E-state index in [0.29, 0.717) is 33.8 Å². The summed E-state index contributed by atoms with van der Waals surface area (Å²) in [5, 5.41) is 42.6. The molecule has 0 aliphatic rings. The minimum atomic E-state index is -2.09. The van der Waals surface area contributed by atoms with Crippen LogP contribution in [0.5, 0.6) is 0 Å². The molecule has 10 heteroatoms. The average molecular weight is 603 g/mol. The number of nitrogens with zero attached hydrogens (tertiary/aromatic N) is 1. The van der Waals surface area contributed by atoms with Gasteiger partial charge < -0.3 is 30.3 Å². The number of benzene rings is 3. The summed E-state index contributed by atoms with van der Waals surface area (Å²) in [5.74, 6) is -6.49. The SMILES string of the molecule is CC(C)c1c(C(=O)Nc2ccccc2)c(-c2ccccc2)c(-c2ccc(F)cc2)n1CC[C@@H](O)C[C@@H](O)C(C(=O)O)C(=O)O. The second-order valence-electron chi connectivity index (χ2n) is 10.9. The Hall–Kier alpha value is -4.80. The van der Waals surface area contributed by atoms with Gasteiger partial charge in [0.25, 0.3) is 5.91 Å². The largest absolute Gasteiger partial charge is 0.481 e. The number of carboxylic acid groups (broad SMARTS) is 2. The van der Waals surface area contributed by atoms with Gasteiger partial charge in [-0.15, -0.1) is 0 Å². The van der Waals surface area contributed by atoms with Gasteiger partial charge in [0.05, 0.1) is 23.5 Å². The van der Waals surface area contributed by atoms with Gasteiger partial charge in [0.15, 0.2) is 5.92 Å². The number of hydrogen-bond donors (Lipinski definition) is 5. The Kier molecular flexibility index (Phi) is 10.3. The lowest BCUT2D eigenvalue weighted by molar-refractivity contribution is -0.160. The number of aliphatic carboxylic acids is 2. The van der Waals surface area contributed by atoms with Crippen LogP contribution >= 0.6 is 0 Å². The quantitative estimate of drug-likeness (QED) is 0.125. The van der Waals surface area contributed by atoms with E-state index in [2.05, 4.69) is 5.32 Å². The smallest absolute Gasteiger partial charge is 0.320 e. The Morgan fingerprint density at radius 1 is 0.818 bits per heavy atom. The van der Waals surface area contributed by atoms with Gasteiger partial charge in [-0.3, -0.25) is 14.4 Å². The highest BCUT2D eigenvalue weighted by Crippen LogP contribution is 2.42. The molecule has 0 fully saturated rings. The first kappa shape index (κ1) is 32.1. The molecule has 0 radical (unpaired) electrons. The van der Waals surface area contributed by atoms with Crippen LogP contribution in [-0.2, 0) is 16.1 Å². The second-order valence-corrected chi connectivity index (χ2v) is 10.9. The van der Waals surface area contributed by atoms with Crippen LogP contribution in [0, 0.1) is 11.7 Å². The number of amides is 1. The molecule has 9 nitrogen and oxygen atoms in total. The summed E-state index contributed by atoms with van der Waals surface area (Å²) in [6.45, 7) is 3.98. The molecule has 3 aromatic carbocycles. The van der Waals surface area contributed by atoms with Crippen LogP contribution in [0.4, 0.5) is 10.1 Å². The Balaban J connectivity index is 1.86. The van der Waals surface area contributed by atoms with Crippen LogP contribution in [-0.4, -0.2) is 55.0 Å². The molecular formula is C34H35FN2O7. The van der Waals surface area contributed by atoms with Crippen molar-refractivity contribution in [2.45, 2.75) is 51.4 Å². The highest BCUT2D eigenvalue weighted by Gasteiger charge is 2.35. The average Bonchev–Trinajstić information content (AvgIpc) is 3.32. The molecule has 44 heavy (non-hydrogen) atoms. The number of carboxylic acids is 2. The van der Waals surface area contributed by atoms with Crippen molar-refractivity contribution in [2.75, 3.05) is 5.32 Å². The predicted octanol–water partition coefficient (Wildman–Crippen LogP) is 5.62. The predicted molar refractivity (Wildman–Crippen MR) is 164 cm³/mol. The van der Waals surface area contributed by atoms with Crippen molar-refractivity contribution in [2.24, 2.45) is 5.92 Å². The molecule has 0 saturated heterocycles. The van der Waals surface area contributed by atoms with Gasteiger partial charge in [0.2, 0.25) is 0 Å². The van der Waals surface area contributed by atoms with E-state index in [4.69, 9.17) is 0 Å². The molecule has 230 valence electrons. The van der Waals surface area contributed by atoms with Crippen LogP contribution in [0.15, 0.2) is 84.9 Å². The number of halogens is 1. The van der Waals surface area contributed by atoms with Gasteiger partial charge in [-0.05, 0) is 59.9 Å². The molecule has 1 heterocycles. The van der Waals surface area contributed by atoms with Gasteiger partial charge >= 0.3 is 11.9 Å². The van der Waals surface area contributed by atoms with Crippen LogP contribution < -0.4 is 5.32 Å². The van der Waals surface area contributed by atoms with Gasteiger partial charge in [-0.1, -0.05) is 62.4 Å². The van der Waals surface area contributed by atoms with E-state index in [1.54, 1.807) is 36.4 Å². The molecule has 0 saturated carbocycles. The van der Waals surface area contributed by atoms with Gasteiger partial charge in [-0.25, -0.2) is 4.39 Å². The molecule has 0 aliphatic carbocycles. The maximum atomic E-state index is 14.1. The Bertz CT molecular complexity index is 1590. The van der Waals surface area contributed by atoms with E-state index in [9.17, 15) is 39.2 Å². The van der Waals surface area contributed by atoms with E-state index in [1.807, 2.05) is 54.8 Å². The fraction of sp³-hybridized carbons (Fsp3) is 0.265. The lowest BCUT2D eigenvalue weighted by atomic mass is 9.94. The number of nitrogens with one attached hydrogen (secondary N) is 1. The van der Waals surface area contributed by atoms with E-state index in [1.165, 1.54) is 12.1 Å². The normalized spacial score (nSPS) is 12.7. The number of carbonyl (C=O) groups is 3. The molecule has 1 aromatic heterocycles. The monoisotopic (exact) mass is 602 g/mol. The van der Waals surface area contributed by atoms with E-state index in [0.717, 1.165) is 5.56 Å². The van der Waals surface area contributed by atoms with Crippen LogP contribution in [0.3, 0.4) is 0 Å². The van der Waals surface area contributed by atoms with Crippen LogP contribution in [0.1, 0.15) is 48.7 Å². The van der Waals surface area contributed by atoms with Crippen LogP contribution in [0.25, 0.3) is 22.4 Å². The van der Waals surface area contributed by atoms with Crippen molar-refractivity contribution in [3.05, 3.63) is 102 Å². The molecule has 0 spiro atoms. The summed E-state index contributed by atoms with van der Waals surface area (Å²) in [4.78, 5) is 36.8. The molecule has 5 N–H and O–H groups in total. The number of carbonyl (C=O) groups excluding carboxylic acids is 1. The zero-order valence-corrected chi connectivity index (χ0v) is 24.4. The molecule has 0 aliphatic heterocycles. The fourth-order valence-corrected chi connectivity index (χ4v) is 5.45. The maximum absolute atomic E-state index is 14.1. The number of anilines is 1. The lowest BCUT2D eigenvalue weighted by Gasteiger charge is -2.21. The van der Waals surface area contributed by atoms with Crippen molar-refractivity contribution in [3.63, 3.8) is 0 Å². The third-order valence-electron chi connectivity index (χ3n) is 7.41. The number of para-hydroxylation sites is 1. The third-order valence-corrected chi connectivity index (χ3v) is 7.41. The topological polar surface area (TPSA) is 149 Å². The van der Waals surface area contributed by atoms with Crippen molar-refractivity contribution in [1.82, 2.24) is 4.57 Å². The van der Waals surface area contributed by atoms with E-state index in [-0.39, 0.29) is 24.8 Å². The summed E-state index contributed by atoms with van der Waals surface area (Å²) < 4.78 is 15.9. The van der Waals surface area contributed by atoms with E-state index < -0.39 is 42.3 Å². The van der Waals surface area contributed by atoms with Crippen molar-refractivity contribution < 1.29 is 39.2 Å². The second kappa shape index (κ2) is 14.1. The molecule has 4 aromatic rings. The maximum Gasteiger partial charge on any atom is 0.320 e. The summed E-state index contributed by atoms with van der Waals surface area (Å²) in [7, 11) is 0. The minimum absolute atomic E-state index is 0.000410. The summed E-state index contributed by atoms with van der Waals surface area (Å²) in [6, 6.07) is 24.2.